The number of nitrogens with zero attached hydrogens (tertiary/aromatic N) is 4. The Bertz CT molecular complexity index is 319. The van der Waals surface area contributed by atoms with Crippen molar-refractivity contribution in [3.63, 3.8) is 0 Å². The standard InChI is InChI=1S/C13H27N5/c1-4-12(5-2)10-17(6-3)7-8-18-11-13(9-14)15-16-18/h11-12H,4-10,14H2,1-3H3. The first-order valence-corrected chi connectivity index (χ1v) is 7.04. The summed E-state index contributed by atoms with van der Waals surface area (Å²) in [5.74, 6) is 0.806. The minimum atomic E-state index is 0.464. The highest BCUT2D eigenvalue weighted by Crippen LogP contribution is 2.09. The molecular weight excluding hydrogens is 226 g/mol. The maximum atomic E-state index is 5.52. The summed E-state index contributed by atoms with van der Waals surface area (Å²) >= 11 is 0. The van der Waals surface area contributed by atoms with Gasteiger partial charge >= 0.3 is 0 Å². The predicted octanol–water partition coefficient (Wildman–Crippen LogP) is 1.49. The van der Waals surface area contributed by atoms with Gasteiger partial charge < -0.3 is 10.6 Å². The number of aromatic nitrogens is 3. The van der Waals surface area contributed by atoms with E-state index in [0.717, 1.165) is 31.2 Å². The summed E-state index contributed by atoms with van der Waals surface area (Å²) in [6, 6.07) is 0. The highest BCUT2D eigenvalue weighted by molar-refractivity contribution is 4.90. The molecule has 0 amide bonds. The Morgan fingerprint density at radius 1 is 1.33 bits per heavy atom. The second-order valence-electron chi connectivity index (χ2n) is 4.75. The van der Waals surface area contributed by atoms with Crippen molar-refractivity contribution in [2.24, 2.45) is 11.7 Å². The SMILES string of the molecule is CCC(CC)CN(CC)CCn1cc(CN)nn1. The molecule has 0 saturated heterocycles. The van der Waals surface area contributed by atoms with E-state index in [1.165, 1.54) is 19.4 Å². The quantitative estimate of drug-likeness (QED) is 0.724. The van der Waals surface area contributed by atoms with Crippen molar-refractivity contribution in [3.05, 3.63) is 11.9 Å². The zero-order valence-electron chi connectivity index (χ0n) is 12.0. The molecule has 0 bridgehead atoms. The van der Waals surface area contributed by atoms with Gasteiger partial charge in [-0.1, -0.05) is 38.8 Å². The molecule has 0 aliphatic heterocycles. The number of hydrogen-bond donors (Lipinski definition) is 1. The van der Waals surface area contributed by atoms with Gasteiger partial charge in [-0.25, -0.2) is 0 Å². The van der Waals surface area contributed by atoms with E-state index in [-0.39, 0.29) is 0 Å². The van der Waals surface area contributed by atoms with Crippen molar-refractivity contribution in [1.29, 1.82) is 0 Å². The molecule has 1 heterocycles. The summed E-state index contributed by atoms with van der Waals surface area (Å²) in [7, 11) is 0. The van der Waals surface area contributed by atoms with E-state index >= 15 is 0 Å². The molecule has 104 valence electrons. The van der Waals surface area contributed by atoms with Crippen LogP contribution >= 0.6 is 0 Å². The summed E-state index contributed by atoms with van der Waals surface area (Å²) < 4.78 is 1.89. The molecule has 2 N–H and O–H groups in total. The molecule has 0 aliphatic rings. The first kappa shape index (κ1) is 15.1. The van der Waals surface area contributed by atoms with E-state index in [1.807, 2.05) is 10.9 Å². The molecule has 0 saturated carbocycles. The molecule has 1 aromatic heterocycles. The highest BCUT2D eigenvalue weighted by atomic mass is 15.4. The highest BCUT2D eigenvalue weighted by Gasteiger charge is 2.10. The van der Waals surface area contributed by atoms with Crippen LogP contribution in [0.2, 0.25) is 0 Å². The summed E-state index contributed by atoms with van der Waals surface area (Å²) in [4.78, 5) is 2.49. The van der Waals surface area contributed by atoms with Gasteiger partial charge in [-0.2, -0.15) is 0 Å². The van der Waals surface area contributed by atoms with Crippen LogP contribution in [0.5, 0.6) is 0 Å². The summed E-state index contributed by atoms with van der Waals surface area (Å²) in [5.41, 5.74) is 6.38. The monoisotopic (exact) mass is 253 g/mol. The minimum absolute atomic E-state index is 0.464. The fourth-order valence-electron chi connectivity index (χ4n) is 2.08. The second kappa shape index (κ2) is 8.21. The Labute approximate surface area is 110 Å². The molecule has 0 spiro atoms. The topological polar surface area (TPSA) is 60.0 Å². The van der Waals surface area contributed by atoms with Crippen molar-refractivity contribution < 1.29 is 0 Å². The van der Waals surface area contributed by atoms with Crippen LogP contribution in [-0.2, 0) is 13.1 Å². The van der Waals surface area contributed by atoms with Crippen LogP contribution < -0.4 is 5.73 Å². The van der Waals surface area contributed by atoms with Crippen molar-refractivity contribution in [2.75, 3.05) is 19.6 Å². The van der Waals surface area contributed by atoms with Gasteiger partial charge in [0.1, 0.15) is 0 Å². The third-order valence-electron chi connectivity index (χ3n) is 3.56. The van der Waals surface area contributed by atoms with E-state index in [2.05, 4.69) is 36.0 Å². The Kier molecular flexibility index (Phi) is 6.90. The van der Waals surface area contributed by atoms with Crippen molar-refractivity contribution in [2.45, 2.75) is 46.7 Å². The number of likely N-dealkylation sites (N-methyl/N-ethyl adjacent to an activating group) is 1. The maximum absolute atomic E-state index is 5.52. The van der Waals surface area contributed by atoms with Crippen LogP contribution in [0.4, 0.5) is 0 Å². The molecule has 5 nitrogen and oxygen atoms in total. The van der Waals surface area contributed by atoms with E-state index in [0.29, 0.717) is 6.54 Å². The minimum Gasteiger partial charge on any atom is -0.325 e. The van der Waals surface area contributed by atoms with Gasteiger partial charge in [0.2, 0.25) is 0 Å². The van der Waals surface area contributed by atoms with E-state index < -0.39 is 0 Å². The Hall–Kier alpha value is -0.940. The van der Waals surface area contributed by atoms with E-state index in [4.69, 9.17) is 5.73 Å². The van der Waals surface area contributed by atoms with Crippen LogP contribution in [0, 0.1) is 5.92 Å². The molecule has 5 heteroatoms. The van der Waals surface area contributed by atoms with Crippen LogP contribution in [0.1, 0.15) is 39.3 Å². The van der Waals surface area contributed by atoms with Gasteiger partial charge in [-0.15, -0.1) is 5.10 Å². The smallest absolute Gasteiger partial charge is 0.0962 e. The third-order valence-corrected chi connectivity index (χ3v) is 3.56. The lowest BCUT2D eigenvalue weighted by atomic mass is 10.0. The van der Waals surface area contributed by atoms with Gasteiger partial charge in [0.15, 0.2) is 0 Å². The molecule has 0 radical (unpaired) electrons. The first-order valence-electron chi connectivity index (χ1n) is 7.04. The van der Waals surface area contributed by atoms with Gasteiger partial charge in [-0.3, -0.25) is 4.68 Å². The van der Waals surface area contributed by atoms with Gasteiger partial charge in [-0.05, 0) is 12.5 Å². The molecular formula is C13H27N5. The van der Waals surface area contributed by atoms with Crippen LogP contribution in [0.25, 0.3) is 0 Å². The summed E-state index contributed by atoms with van der Waals surface area (Å²) in [6.45, 7) is 11.4. The van der Waals surface area contributed by atoms with Gasteiger partial charge in [0, 0.05) is 25.8 Å². The lowest BCUT2D eigenvalue weighted by Crippen LogP contribution is -2.32. The van der Waals surface area contributed by atoms with Gasteiger partial charge in [0.25, 0.3) is 0 Å². The third kappa shape index (κ3) is 4.74. The number of nitrogens with two attached hydrogens (primary N) is 1. The van der Waals surface area contributed by atoms with E-state index in [1.54, 1.807) is 0 Å². The van der Waals surface area contributed by atoms with Crippen LogP contribution in [0.15, 0.2) is 6.20 Å². The molecule has 18 heavy (non-hydrogen) atoms. The summed E-state index contributed by atoms with van der Waals surface area (Å²) in [5, 5.41) is 8.07. The normalized spacial score (nSPS) is 11.7. The maximum Gasteiger partial charge on any atom is 0.0962 e. The number of hydrogen-bond acceptors (Lipinski definition) is 4. The second-order valence-corrected chi connectivity index (χ2v) is 4.75. The van der Waals surface area contributed by atoms with Crippen molar-refractivity contribution in [3.8, 4) is 0 Å². The van der Waals surface area contributed by atoms with Crippen LogP contribution in [-0.4, -0.2) is 39.5 Å². The molecule has 0 aliphatic carbocycles. The molecule has 0 atom stereocenters. The zero-order valence-corrected chi connectivity index (χ0v) is 12.0. The van der Waals surface area contributed by atoms with E-state index in [9.17, 15) is 0 Å². The predicted molar refractivity (Wildman–Crippen MR) is 74.1 cm³/mol. The zero-order chi connectivity index (χ0) is 13.4. The first-order chi connectivity index (χ1) is 8.73. The lowest BCUT2D eigenvalue weighted by molar-refractivity contribution is 0.222. The average Bonchev–Trinajstić information content (AvgIpc) is 2.87. The largest absolute Gasteiger partial charge is 0.325 e. The fraction of sp³-hybridized carbons (Fsp3) is 0.846. The fourth-order valence-corrected chi connectivity index (χ4v) is 2.08. The van der Waals surface area contributed by atoms with Crippen molar-refractivity contribution >= 4 is 0 Å². The van der Waals surface area contributed by atoms with Gasteiger partial charge in [0.05, 0.1) is 12.2 Å². The number of rotatable bonds is 9. The lowest BCUT2D eigenvalue weighted by Gasteiger charge is -2.24. The van der Waals surface area contributed by atoms with Crippen LogP contribution in [0.3, 0.4) is 0 Å². The molecule has 1 aromatic rings. The van der Waals surface area contributed by atoms with Crippen molar-refractivity contribution in [1.82, 2.24) is 19.9 Å². The Balaban J connectivity index is 2.38. The average molecular weight is 253 g/mol. The Morgan fingerprint density at radius 2 is 2.06 bits per heavy atom. The molecule has 0 aromatic carbocycles. The summed E-state index contributed by atoms with van der Waals surface area (Å²) in [6.07, 6.45) is 4.45. The Morgan fingerprint density at radius 3 is 2.56 bits per heavy atom. The molecule has 0 unspecified atom stereocenters. The molecule has 1 rings (SSSR count). The molecule has 0 fully saturated rings.